The molecule has 1 fully saturated rings. The molecule has 0 aromatic carbocycles. The van der Waals surface area contributed by atoms with Crippen molar-refractivity contribution in [2.24, 2.45) is 0 Å². The third-order valence-corrected chi connectivity index (χ3v) is 2.58. The Bertz CT molecular complexity index is 186. The first-order chi connectivity index (χ1) is 5.40. The zero-order chi connectivity index (χ0) is 9.41. The van der Waals surface area contributed by atoms with Crippen LogP contribution in [0.1, 0.15) is 33.6 Å². The van der Waals surface area contributed by atoms with E-state index >= 15 is 0 Å². The van der Waals surface area contributed by atoms with Gasteiger partial charge < -0.3 is 9.84 Å². The molecule has 1 aliphatic heterocycles. The van der Waals surface area contributed by atoms with Gasteiger partial charge in [0.2, 0.25) is 0 Å². The number of ether oxygens (including phenoxy) is 1. The Hall–Kier alpha value is -0.340. The Morgan fingerprint density at radius 3 is 2.50 bits per heavy atom. The predicted molar refractivity (Wildman–Crippen MR) is 49.0 cm³/mol. The Balaban J connectivity index is 2.79. The maximum absolute atomic E-state index is 9.66. The van der Waals surface area contributed by atoms with E-state index in [9.17, 15) is 5.11 Å². The van der Waals surface area contributed by atoms with Crippen LogP contribution < -0.4 is 0 Å². The molecule has 2 atom stereocenters. The van der Waals surface area contributed by atoms with Crippen molar-refractivity contribution in [1.82, 2.24) is 0 Å². The first kappa shape index (κ1) is 9.75. The molecule has 1 heterocycles. The highest BCUT2D eigenvalue weighted by Crippen LogP contribution is 2.35. The monoisotopic (exact) mass is 170 g/mol. The summed E-state index contributed by atoms with van der Waals surface area (Å²) in [5.41, 5.74) is -0.704. The number of hydrogen-bond donors (Lipinski definition) is 1. The quantitative estimate of drug-likeness (QED) is 0.609. The fourth-order valence-electron chi connectivity index (χ4n) is 1.66. The molecule has 70 valence electrons. The van der Waals surface area contributed by atoms with Crippen LogP contribution in [0.15, 0.2) is 12.7 Å². The van der Waals surface area contributed by atoms with Crippen LogP contribution in [0.3, 0.4) is 0 Å². The molecule has 1 N–H and O–H groups in total. The Labute approximate surface area is 74.2 Å². The van der Waals surface area contributed by atoms with E-state index in [2.05, 4.69) is 6.58 Å². The van der Waals surface area contributed by atoms with Crippen molar-refractivity contribution >= 4 is 0 Å². The highest BCUT2D eigenvalue weighted by molar-refractivity contribution is 5.04. The molecule has 1 aliphatic rings. The molecule has 0 unspecified atom stereocenters. The average Bonchev–Trinajstić information content (AvgIpc) is 1.97. The molecule has 0 amide bonds. The molecule has 0 spiro atoms. The average molecular weight is 170 g/mol. The third kappa shape index (κ3) is 1.70. The first-order valence-corrected chi connectivity index (χ1v) is 4.41. The van der Waals surface area contributed by atoms with Crippen molar-refractivity contribution in [3.8, 4) is 0 Å². The summed E-state index contributed by atoms with van der Waals surface area (Å²) in [5.74, 6) is 0. The molecule has 0 aromatic rings. The van der Waals surface area contributed by atoms with Gasteiger partial charge in [-0.25, -0.2) is 0 Å². The van der Waals surface area contributed by atoms with Gasteiger partial charge in [-0.1, -0.05) is 6.08 Å². The first-order valence-electron chi connectivity index (χ1n) is 4.41. The summed E-state index contributed by atoms with van der Waals surface area (Å²) >= 11 is 0. The Morgan fingerprint density at radius 1 is 1.50 bits per heavy atom. The summed E-state index contributed by atoms with van der Waals surface area (Å²) in [6.45, 7) is 9.65. The Kier molecular flexibility index (Phi) is 2.32. The molecule has 2 heteroatoms. The number of aliphatic hydroxyl groups is 1. The minimum Gasteiger partial charge on any atom is -0.390 e. The molecular formula is C10H18O2. The van der Waals surface area contributed by atoms with Gasteiger partial charge in [-0.2, -0.15) is 0 Å². The lowest BCUT2D eigenvalue weighted by Crippen LogP contribution is -2.51. The SMILES string of the molecule is C=C[C@@]1(C)OC(C)(C)CC[C@@H]1O. The fraction of sp³-hybridized carbons (Fsp3) is 0.800. The lowest BCUT2D eigenvalue weighted by Gasteiger charge is -2.44. The third-order valence-electron chi connectivity index (χ3n) is 2.58. The molecular weight excluding hydrogens is 152 g/mol. The highest BCUT2D eigenvalue weighted by atomic mass is 16.5. The second-order valence-corrected chi connectivity index (χ2v) is 4.30. The Morgan fingerprint density at radius 2 is 2.08 bits per heavy atom. The van der Waals surface area contributed by atoms with Crippen molar-refractivity contribution in [2.75, 3.05) is 0 Å². The second-order valence-electron chi connectivity index (χ2n) is 4.30. The highest BCUT2D eigenvalue weighted by Gasteiger charge is 2.41. The van der Waals surface area contributed by atoms with Gasteiger partial charge in [0, 0.05) is 0 Å². The van der Waals surface area contributed by atoms with E-state index in [4.69, 9.17) is 4.74 Å². The van der Waals surface area contributed by atoms with Crippen LogP contribution in [0.4, 0.5) is 0 Å². The summed E-state index contributed by atoms with van der Waals surface area (Å²) in [6.07, 6.45) is 2.97. The second kappa shape index (κ2) is 2.86. The number of rotatable bonds is 1. The van der Waals surface area contributed by atoms with Gasteiger partial charge in [-0.15, -0.1) is 6.58 Å². The van der Waals surface area contributed by atoms with Gasteiger partial charge in [0.15, 0.2) is 0 Å². The van der Waals surface area contributed by atoms with Gasteiger partial charge in [0.1, 0.15) is 5.60 Å². The number of aliphatic hydroxyl groups excluding tert-OH is 1. The standard InChI is InChI=1S/C10H18O2/c1-5-10(4)8(11)6-7-9(2,3)12-10/h5,8,11H,1,6-7H2,2-4H3/t8-,10+/m0/s1. The van der Waals surface area contributed by atoms with E-state index in [-0.39, 0.29) is 5.60 Å². The van der Waals surface area contributed by atoms with E-state index in [1.54, 1.807) is 6.08 Å². The van der Waals surface area contributed by atoms with Crippen molar-refractivity contribution in [3.05, 3.63) is 12.7 Å². The smallest absolute Gasteiger partial charge is 0.110 e. The van der Waals surface area contributed by atoms with Crippen LogP contribution >= 0.6 is 0 Å². The van der Waals surface area contributed by atoms with Crippen LogP contribution in [-0.4, -0.2) is 22.4 Å². The fourth-order valence-corrected chi connectivity index (χ4v) is 1.66. The molecule has 0 radical (unpaired) electrons. The van der Waals surface area contributed by atoms with Gasteiger partial charge in [0.05, 0.1) is 11.7 Å². The topological polar surface area (TPSA) is 29.5 Å². The number of hydrogen-bond acceptors (Lipinski definition) is 2. The van der Waals surface area contributed by atoms with Gasteiger partial charge in [-0.05, 0) is 33.6 Å². The summed E-state index contributed by atoms with van der Waals surface area (Å²) in [5, 5.41) is 9.66. The van der Waals surface area contributed by atoms with E-state index in [1.165, 1.54) is 0 Å². The lowest BCUT2D eigenvalue weighted by atomic mass is 9.85. The van der Waals surface area contributed by atoms with Crippen LogP contribution in [-0.2, 0) is 4.74 Å². The van der Waals surface area contributed by atoms with Crippen molar-refractivity contribution in [1.29, 1.82) is 0 Å². The molecule has 1 saturated heterocycles. The summed E-state index contributed by atoms with van der Waals surface area (Å²) in [7, 11) is 0. The van der Waals surface area contributed by atoms with Crippen LogP contribution in [0.2, 0.25) is 0 Å². The molecule has 0 aromatic heterocycles. The van der Waals surface area contributed by atoms with Crippen LogP contribution in [0.5, 0.6) is 0 Å². The van der Waals surface area contributed by atoms with E-state index in [0.717, 1.165) is 12.8 Å². The summed E-state index contributed by atoms with van der Waals surface area (Å²) < 4.78 is 5.75. The largest absolute Gasteiger partial charge is 0.390 e. The predicted octanol–water partition coefficient (Wildman–Crippen LogP) is 1.88. The maximum Gasteiger partial charge on any atom is 0.110 e. The van der Waals surface area contributed by atoms with Gasteiger partial charge >= 0.3 is 0 Å². The van der Waals surface area contributed by atoms with E-state index in [1.807, 2.05) is 20.8 Å². The molecule has 0 bridgehead atoms. The molecule has 2 nitrogen and oxygen atoms in total. The van der Waals surface area contributed by atoms with Gasteiger partial charge in [-0.3, -0.25) is 0 Å². The molecule has 12 heavy (non-hydrogen) atoms. The maximum atomic E-state index is 9.66. The summed E-state index contributed by atoms with van der Waals surface area (Å²) in [6, 6.07) is 0. The van der Waals surface area contributed by atoms with Crippen molar-refractivity contribution < 1.29 is 9.84 Å². The lowest BCUT2D eigenvalue weighted by molar-refractivity contribution is -0.192. The van der Waals surface area contributed by atoms with Crippen LogP contribution in [0.25, 0.3) is 0 Å². The minimum absolute atomic E-state index is 0.137. The van der Waals surface area contributed by atoms with Crippen molar-refractivity contribution in [3.63, 3.8) is 0 Å². The zero-order valence-electron chi connectivity index (χ0n) is 8.13. The molecule has 0 aliphatic carbocycles. The van der Waals surface area contributed by atoms with Crippen molar-refractivity contribution in [2.45, 2.75) is 50.9 Å². The van der Waals surface area contributed by atoms with Crippen LogP contribution in [0, 0.1) is 0 Å². The summed E-state index contributed by atoms with van der Waals surface area (Å²) in [4.78, 5) is 0. The van der Waals surface area contributed by atoms with E-state index in [0.29, 0.717) is 0 Å². The molecule has 1 rings (SSSR count). The normalized spacial score (nSPS) is 40.8. The zero-order valence-corrected chi connectivity index (χ0v) is 8.13. The van der Waals surface area contributed by atoms with E-state index < -0.39 is 11.7 Å². The molecule has 0 saturated carbocycles. The van der Waals surface area contributed by atoms with Gasteiger partial charge in [0.25, 0.3) is 0 Å². The minimum atomic E-state index is -0.568.